The van der Waals surface area contributed by atoms with Crippen molar-refractivity contribution in [2.45, 2.75) is 6.54 Å². The monoisotopic (exact) mass is 373 g/mol. The molecule has 124 valence electrons. The summed E-state index contributed by atoms with van der Waals surface area (Å²) < 4.78 is 7.97. The number of carbonyl (C=O) groups excluding carboxylic acids is 1. The number of amides is 1. The van der Waals surface area contributed by atoms with E-state index in [2.05, 4.69) is 37.6 Å². The van der Waals surface area contributed by atoms with Gasteiger partial charge in [0.05, 0.1) is 19.7 Å². The van der Waals surface area contributed by atoms with Gasteiger partial charge < -0.3 is 24.8 Å². The summed E-state index contributed by atoms with van der Waals surface area (Å²) in [6.45, 7) is 1.87. The Morgan fingerprint density at radius 3 is 2.77 bits per heavy atom. The summed E-state index contributed by atoms with van der Waals surface area (Å²) in [4.78, 5) is 17.8. The molecule has 0 saturated heterocycles. The summed E-state index contributed by atoms with van der Waals surface area (Å²) in [5.41, 5.74) is 1.14. The molecule has 1 aromatic heterocycles. The van der Waals surface area contributed by atoms with Crippen molar-refractivity contribution >= 4 is 27.8 Å². The lowest BCUT2D eigenvalue weighted by Gasteiger charge is -2.22. The molecule has 0 saturated carbocycles. The number of nitrogens with one attached hydrogen (secondary N) is 2. The number of aromatic nitrogens is 1. The maximum atomic E-state index is 11.7. The summed E-state index contributed by atoms with van der Waals surface area (Å²) in [7, 11) is 7.22. The Labute approximate surface area is 139 Å². The minimum atomic E-state index is -0.0896. The van der Waals surface area contributed by atoms with Gasteiger partial charge in [-0.3, -0.25) is 9.79 Å². The number of aliphatic imine (C=N–C) groups is 1. The van der Waals surface area contributed by atoms with Crippen molar-refractivity contribution in [3.63, 3.8) is 0 Å². The van der Waals surface area contributed by atoms with Gasteiger partial charge in [-0.05, 0) is 22.0 Å². The van der Waals surface area contributed by atoms with Crippen LogP contribution in [0.25, 0.3) is 0 Å². The number of hydrogen-bond donors (Lipinski definition) is 2. The number of guanidine groups is 1. The summed E-state index contributed by atoms with van der Waals surface area (Å²) in [5, 5.41) is 5.80. The third-order valence-electron chi connectivity index (χ3n) is 3.08. The van der Waals surface area contributed by atoms with Crippen LogP contribution in [-0.2, 0) is 23.1 Å². The first-order chi connectivity index (χ1) is 10.5. The first-order valence-corrected chi connectivity index (χ1v) is 7.75. The molecule has 7 nitrogen and oxygen atoms in total. The smallest absolute Gasteiger partial charge is 0.239 e. The molecule has 0 aliphatic rings. The highest BCUT2D eigenvalue weighted by molar-refractivity contribution is 9.10. The number of aryl methyl sites for hydroxylation is 1. The van der Waals surface area contributed by atoms with Gasteiger partial charge in [-0.1, -0.05) is 0 Å². The Morgan fingerprint density at radius 2 is 2.23 bits per heavy atom. The Morgan fingerprint density at radius 1 is 1.50 bits per heavy atom. The van der Waals surface area contributed by atoms with Crippen LogP contribution in [0.5, 0.6) is 0 Å². The molecule has 0 spiro atoms. The number of halogens is 1. The molecule has 8 heteroatoms. The summed E-state index contributed by atoms with van der Waals surface area (Å²) in [6, 6.07) is 2.06. The normalized spacial score (nSPS) is 11.4. The second-order valence-electron chi connectivity index (χ2n) is 4.86. The predicted octanol–water partition coefficient (Wildman–Crippen LogP) is 0.557. The van der Waals surface area contributed by atoms with Crippen molar-refractivity contribution < 1.29 is 9.53 Å². The number of nitrogens with zero attached hydrogens (tertiary/aromatic N) is 3. The van der Waals surface area contributed by atoms with Gasteiger partial charge in [0.1, 0.15) is 0 Å². The van der Waals surface area contributed by atoms with E-state index >= 15 is 0 Å². The minimum Gasteiger partial charge on any atom is -0.383 e. The molecule has 0 radical (unpaired) electrons. The molecule has 1 rings (SSSR count). The maximum Gasteiger partial charge on any atom is 0.239 e. The fourth-order valence-electron chi connectivity index (χ4n) is 1.94. The predicted molar refractivity (Wildman–Crippen MR) is 90.8 cm³/mol. The zero-order valence-corrected chi connectivity index (χ0v) is 15.1. The number of carbonyl (C=O) groups is 1. The van der Waals surface area contributed by atoms with E-state index in [0.717, 1.165) is 10.2 Å². The molecule has 22 heavy (non-hydrogen) atoms. The van der Waals surface area contributed by atoms with Crippen molar-refractivity contribution in [2.24, 2.45) is 12.0 Å². The van der Waals surface area contributed by atoms with Gasteiger partial charge in [-0.2, -0.15) is 0 Å². The van der Waals surface area contributed by atoms with Gasteiger partial charge in [-0.15, -0.1) is 0 Å². The van der Waals surface area contributed by atoms with Crippen molar-refractivity contribution in [2.75, 3.05) is 40.9 Å². The maximum absolute atomic E-state index is 11.7. The van der Waals surface area contributed by atoms with Gasteiger partial charge in [0.25, 0.3) is 0 Å². The highest BCUT2D eigenvalue weighted by Gasteiger charge is 2.10. The van der Waals surface area contributed by atoms with Crippen LogP contribution in [0.15, 0.2) is 21.7 Å². The highest BCUT2D eigenvalue weighted by Crippen LogP contribution is 2.14. The van der Waals surface area contributed by atoms with E-state index in [0.29, 0.717) is 25.7 Å². The minimum absolute atomic E-state index is 0.0896. The van der Waals surface area contributed by atoms with E-state index in [9.17, 15) is 4.79 Å². The lowest BCUT2D eigenvalue weighted by molar-refractivity contribution is -0.120. The molecule has 0 aromatic carbocycles. The van der Waals surface area contributed by atoms with Crippen LogP contribution in [0.3, 0.4) is 0 Å². The van der Waals surface area contributed by atoms with Crippen LogP contribution in [0.4, 0.5) is 0 Å². The molecule has 1 amide bonds. The highest BCUT2D eigenvalue weighted by atomic mass is 79.9. The second kappa shape index (κ2) is 9.47. The summed E-state index contributed by atoms with van der Waals surface area (Å²) in [6.07, 6.45) is 2.00. The van der Waals surface area contributed by atoms with E-state index in [1.54, 1.807) is 14.2 Å². The van der Waals surface area contributed by atoms with Crippen molar-refractivity contribution in [1.29, 1.82) is 0 Å². The van der Waals surface area contributed by atoms with E-state index < -0.39 is 0 Å². The van der Waals surface area contributed by atoms with E-state index in [-0.39, 0.29) is 12.5 Å². The fraction of sp³-hybridized carbons (Fsp3) is 0.571. The topological polar surface area (TPSA) is 70.9 Å². The van der Waals surface area contributed by atoms with Crippen molar-refractivity contribution in [3.8, 4) is 0 Å². The Bertz CT molecular complexity index is 515. The van der Waals surface area contributed by atoms with Gasteiger partial charge in [0, 0.05) is 51.2 Å². The molecule has 0 aliphatic heterocycles. The lowest BCUT2D eigenvalue weighted by atomic mass is 10.4. The van der Waals surface area contributed by atoms with Gasteiger partial charge in [0.2, 0.25) is 5.91 Å². The molecule has 1 aromatic rings. The molecule has 0 atom stereocenters. The standard InChI is InChI=1S/C14H24BrN5O2/c1-16-14(18-8-13(21)17-5-6-22-4)20(3)10-12-7-11(15)9-19(12)2/h7,9H,5-6,8,10H2,1-4H3,(H,16,18)(H,17,21). The van der Waals surface area contributed by atoms with Crippen LogP contribution >= 0.6 is 15.9 Å². The van der Waals surface area contributed by atoms with Crippen molar-refractivity contribution in [3.05, 3.63) is 22.4 Å². The average Bonchev–Trinajstić information content (AvgIpc) is 2.77. The van der Waals surface area contributed by atoms with E-state index in [1.165, 1.54) is 0 Å². The van der Waals surface area contributed by atoms with Gasteiger partial charge >= 0.3 is 0 Å². The van der Waals surface area contributed by atoms with Crippen LogP contribution in [-0.4, -0.2) is 62.2 Å². The number of hydrogen-bond acceptors (Lipinski definition) is 3. The van der Waals surface area contributed by atoms with Crippen molar-refractivity contribution in [1.82, 2.24) is 20.1 Å². The van der Waals surface area contributed by atoms with Crippen LogP contribution in [0, 0.1) is 0 Å². The number of methoxy groups -OCH3 is 1. The quantitative estimate of drug-likeness (QED) is 0.416. The average molecular weight is 374 g/mol. The molecule has 0 fully saturated rings. The molecule has 0 bridgehead atoms. The molecule has 2 N–H and O–H groups in total. The van der Waals surface area contributed by atoms with Crippen LogP contribution in [0.2, 0.25) is 0 Å². The Balaban J connectivity index is 2.46. The third kappa shape index (κ3) is 6.07. The summed E-state index contributed by atoms with van der Waals surface area (Å²) in [5.74, 6) is 0.576. The van der Waals surface area contributed by atoms with Crippen LogP contribution < -0.4 is 10.6 Å². The first kappa shape index (κ1) is 18.5. The lowest BCUT2D eigenvalue weighted by Crippen LogP contribution is -2.44. The van der Waals surface area contributed by atoms with Crippen LogP contribution in [0.1, 0.15) is 5.69 Å². The first-order valence-electron chi connectivity index (χ1n) is 6.96. The van der Waals surface area contributed by atoms with Gasteiger partial charge in [-0.25, -0.2) is 0 Å². The second-order valence-corrected chi connectivity index (χ2v) is 5.78. The largest absolute Gasteiger partial charge is 0.383 e. The third-order valence-corrected chi connectivity index (χ3v) is 3.52. The van der Waals surface area contributed by atoms with E-state index in [1.807, 2.05) is 29.8 Å². The molecule has 0 unspecified atom stereocenters. The Hall–Kier alpha value is -1.54. The number of rotatable bonds is 7. The number of ether oxygens (including phenoxy) is 1. The Kier molecular flexibility index (Phi) is 7.97. The molecular weight excluding hydrogens is 350 g/mol. The molecular formula is C14H24BrN5O2. The van der Waals surface area contributed by atoms with Gasteiger partial charge in [0.15, 0.2) is 5.96 Å². The SMILES string of the molecule is CN=C(NCC(=O)NCCOC)N(C)Cc1cc(Br)cn1C. The molecule has 1 heterocycles. The zero-order valence-electron chi connectivity index (χ0n) is 13.5. The fourth-order valence-corrected chi connectivity index (χ4v) is 2.51. The summed E-state index contributed by atoms with van der Waals surface area (Å²) >= 11 is 3.46. The molecule has 0 aliphatic carbocycles. The van der Waals surface area contributed by atoms with E-state index in [4.69, 9.17) is 4.74 Å². The zero-order chi connectivity index (χ0) is 16.5.